The summed E-state index contributed by atoms with van der Waals surface area (Å²) < 4.78 is 28.2. The van der Waals surface area contributed by atoms with E-state index in [1.807, 2.05) is 6.08 Å². The molecule has 6 atom stereocenters. The van der Waals surface area contributed by atoms with Crippen molar-refractivity contribution in [2.24, 2.45) is 0 Å². The van der Waals surface area contributed by atoms with Crippen molar-refractivity contribution in [1.82, 2.24) is 0 Å². The quantitative estimate of drug-likeness (QED) is 0.0228. The molecule has 1 aliphatic rings. The molecule has 0 spiro atoms. The van der Waals surface area contributed by atoms with E-state index in [1.54, 1.807) is 0 Å². The molecule has 12 nitrogen and oxygen atoms in total. The molecule has 1 aliphatic heterocycles. The van der Waals surface area contributed by atoms with Gasteiger partial charge in [0.05, 0.1) is 6.61 Å². The predicted molar refractivity (Wildman–Crippen MR) is 284 cm³/mol. The molecule has 0 aromatic heterocycles. The maximum atomic E-state index is 13.1. The molecule has 12 heteroatoms. The van der Waals surface area contributed by atoms with Crippen LogP contribution < -0.4 is 0 Å². The number of ether oxygens (including phenoxy) is 5. The lowest BCUT2D eigenvalue weighted by atomic mass is 9.98. The van der Waals surface area contributed by atoms with Crippen LogP contribution >= 0.6 is 0 Å². The van der Waals surface area contributed by atoms with Crippen molar-refractivity contribution in [3.05, 3.63) is 85.1 Å². The molecule has 0 amide bonds. The van der Waals surface area contributed by atoms with Gasteiger partial charge in [-0.25, -0.2) is 4.79 Å². The smallest absolute Gasteiger partial charge is 0.335 e. The Bertz CT molecular complexity index is 1560. The third-order valence-corrected chi connectivity index (χ3v) is 11.9. The van der Waals surface area contributed by atoms with E-state index in [0.717, 1.165) is 109 Å². The summed E-state index contributed by atoms with van der Waals surface area (Å²) in [6.07, 6.45) is 47.2. The molecule has 0 aromatic carbocycles. The highest BCUT2D eigenvalue weighted by molar-refractivity contribution is 5.74. The highest BCUT2D eigenvalue weighted by Gasteiger charge is 2.50. The summed E-state index contributed by atoms with van der Waals surface area (Å²) in [7, 11) is 0. The molecule has 1 saturated heterocycles. The Labute approximate surface area is 429 Å². The summed E-state index contributed by atoms with van der Waals surface area (Å²) in [5.74, 6) is -3.23. The van der Waals surface area contributed by atoms with Crippen LogP contribution in [0.5, 0.6) is 0 Å². The zero-order valence-corrected chi connectivity index (χ0v) is 44.2. The number of aliphatic carboxylic acids is 1. The topological polar surface area (TPSA) is 175 Å². The standard InChI is InChI=1S/C59H96O12/c1-4-7-10-13-16-19-22-24-25-26-27-29-31-33-36-39-42-45-51(60)67-48-50(69-52(61)46-43-40-37-35-32-28-23-20-17-14-11-8-5-2)49-68-59-57(55(64)54(63)56(71-59)58(65)66)70-53(62)47-44-41-38-34-30-21-18-15-12-9-6-3/h7,10,15-16,18-20,23-25,27,29,33,36,50,54-57,59,63-64H,4-6,8-9,11-14,17,21-22,26,28,30-32,34-35,37-49H2,1-3H3,(H,65,66)/b10-7-,18-15-,19-16-,23-20-,25-24-,29-27-,36-33-. The normalized spacial score (nSPS) is 19.1. The highest BCUT2D eigenvalue weighted by Crippen LogP contribution is 2.26. The van der Waals surface area contributed by atoms with Gasteiger partial charge in [0.15, 0.2) is 24.6 Å². The van der Waals surface area contributed by atoms with Crippen molar-refractivity contribution in [3.63, 3.8) is 0 Å². The van der Waals surface area contributed by atoms with E-state index in [0.29, 0.717) is 25.7 Å². The SMILES string of the molecule is CC/C=C\C/C=C\C/C=C\C/C=C\C/C=C\CCCC(=O)OCC(COC1OC(C(=O)O)C(O)C(O)C1OC(=O)CCCCCCC/C=C\CCCC)OC(=O)CCCCCCC/C=C\CCCCCC. The van der Waals surface area contributed by atoms with Crippen LogP contribution in [0, 0.1) is 0 Å². The molecule has 1 rings (SSSR count). The second kappa shape index (κ2) is 46.9. The summed E-state index contributed by atoms with van der Waals surface area (Å²) in [4.78, 5) is 50.9. The Hall–Kier alpha value is -4.10. The van der Waals surface area contributed by atoms with Crippen molar-refractivity contribution in [2.45, 2.75) is 250 Å². The fourth-order valence-corrected chi connectivity index (χ4v) is 7.67. The van der Waals surface area contributed by atoms with Gasteiger partial charge in [-0.1, -0.05) is 176 Å². The van der Waals surface area contributed by atoms with E-state index >= 15 is 0 Å². The van der Waals surface area contributed by atoms with Crippen LogP contribution in [-0.4, -0.2) is 89.2 Å². The number of carbonyl (C=O) groups is 4. The Kier molecular flexibility index (Phi) is 42.9. The number of carboxylic acids is 1. The number of aliphatic hydroxyl groups is 2. The van der Waals surface area contributed by atoms with E-state index in [1.165, 1.54) is 38.5 Å². The Morgan fingerprint density at radius 3 is 1.45 bits per heavy atom. The highest BCUT2D eigenvalue weighted by atomic mass is 16.7. The van der Waals surface area contributed by atoms with Gasteiger partial charge in [-0.3, -0.25) is 14.4 Å². The number of hydrogen-bond donors (Lipinski definition) is 3. The van der Waals surface area contributed by atoms with Crippen LogP contribution in [0.4, 0.5) is 0 Å². The predicted octanol–water partition coefficient (Wildman–Crippen LogP) is 13.6. The molecule has 3 N–H and O–H groups in total. The molecular formula is C59H96O12. The van der Waals surface area contributed by atoms with Gasteiger partial charge in [-0.15, -0.1) is 0 Å². The molecule has 1 fully saturated rings. The van der Waals surface area contributed by atoms with Gasteiger partial charge >= 0.3 is 23.9 Å². The summed E-state index contributed by atoms with van der Waals surface area (Å²) in [6.45, 7) is 5.73. The van der Waals surface area contributed by atoms with Crippen molar-refractivity contribution >= 4 is 23.9 Å². The van der Waals surface area contributed by atoms with Crippen LogP contribution in [0.25, 0.3) is 0 Å². The zero-order valence-electron chi connectivity index (χ0n) is 44.2. The number of esters is 3. The second-order valence-corrected chi connectivity index (χ2v) is 18.5. The number of rotatable bonds is 45. The van der Waals surface area contributed by atoms with Gasteiger partial charge in [0.2, 0.25) is 0 Å². The molecular weight excluding hydrogens is 901 g/mol. The van der Waals surface area contributed by atoms with Gasteiger partial charge < -0.3 is 39.0 Å². The van der Waals surface area contributed by atoms with Crippen LogP contribution in [0.3, 0.4) is 0 Å². The first-order valence-electron chi connectivity index (χ1n) is 27.6. The number of carbonyl (C=O) groups excluding carboxylic acids is 3. The van der Waals surface area contributed by atoms with Gasteiger partial charge in [0, 0.05) is 19.3 Å². The van der Waals surface area contributed by atoms with Gasteiger partial charge in [-0.2, -0.15) is 0 Å². The van der Waals surface area contributed by atoms with Crippen molar-refractivity contribution < 1.29 is 58.2 Å². The van der Waals surface area contributed by atoms with E-state index in [2.05, 4.69) is 99.8 Å². The fourth-order valence-electron chi connectivity index (χ4n) is 7.67. The lowest BCUT2D eigenvalue weighted by Gasteiger charge is -2.40. The number of hydrogen-bond acceptors (Lipinski definition) is 11. The molecule has 71 heavy (non-hydrogen) atoms. The summed E-state index contributed by atoms with van der Waals surface area (Å²) >= 11 is 0. The lowest BCUT2D eigenvalue weighted by molar-refractivity contribution is -0.301. The van der Waals surface area contributed by atoms with Crippen LogP contribution in [0.2, 0.25) is 0 Å². The lowest BCUT2D eigenvalue weighted by Crippen LogP contribution is -2.61. The van der Waals surface area contributed by atoms with E-state index in [4.69, 9.17) is 23.7 Å². The Morgan fingerprint density at radius 1 is 0.479 bits per heavy atom. The largest absolute Gasteiger partial charge is 0.479 e. The molecule has 0 saturated carbocycles. The maximum Gasteiger partial charge on any atom is 0.335 e. The van der Waals surface area contributed by atoms with E-state index < -0.39 is 67.3 Å². The van der Waals surface area contributed by atoms with Gasteiger partial charge in [-0.05, 0) is 103 Å². The van der Waals surface area contributed by atoms with Crippen LogP contribution in [0.15, 0.2) is 85.1 Å². The van der Waals surface area contributed by atoms with E-state index in [9.17, 15) is 34.5 Å². The molecule has 0 aliphatic carbocycles. The number of allylic oxidation sites excluding steroid dienone is 14. The maximum absolute atomic E-state index is 13.1. The van der Waals surface area contributed by atoms with Gasteiger partial charge in [0.1, 0.15) is 18.8 Å². The second-order valence-electron chi connectivity index (χ2n) is 18.5. The van der Waals surface area contributed by atoms with Gasteiger partial charge in [0.25, 0.3) is 0 Å². The minimum atomic E-state index is -1.91. The average molecular weight is 997 g/mol. The summed E-state index contributed by atoms with van der Waals surface area (Å²) in [5, 5.41) is 31.3. The summed E-state index contributed by atoms with van der Waals surface area (Å²) in [6, 6.07) is 0. The first kappa shape index (κ1) is 64.9. The zero-order chi connectivity index (χ0) is 51.8. The molecule has 0 bridgehead atoms. The number of carboxylic acid groups (broad SMARTS) is 1. The van der Waals surface area contributed by atoms with E-state index in [-0.39, 0.29) is 25.9 Å². The number of aliphatic hydroxyl groups excluding tert-OH is 2. The van der Waals surface area contributed by atoms with Crippen LogP contribution in [0.1, 0.15) is 213 Å². The van der Waals surface area contributed by atoms with Crippen molar-refractivity contribution in [1.29, 1.82) is 0 Å². The Balaban J connectivity index is 2.76. The molecule has 0 radical (unpaired) electrons. The van der Waals surface area contributed by atoms with Crippen molar-refractivity contribution in [2.75, 3.05) is 13.2 Å². The third-order valence-electron chi connectivity index (χ3n) is 11.9. The minimum absolute atomic E-state index is 0.0405. The molecule has 0 aromatic rings. The monoisotopic (exact) mass is 997 g/mol. The average Bonchev–Trinajstić information content (AvgIpc) is 3.35. The molecule has 1 heterocycles. The Morgan fingerprint density at radius 2 is 0.915 bits per heavy atom. The fraction of sp³-hybridized carbons (Fsp3) is 0.695. The molecule has 6 unspecified atom stereocenters. The van der Waals surface area contributed by atoms with Crippen molar-refractivity contribution in [3.8, 4) is 0 Å². The molecule has 404 valence electrons. The minimum Gasteiger partial charge on any atom is -0.479 e. The number of unbranched alkanes of at least 4 members (excludes halogenated alkanes) is 17. The first-order chi connectivity index (χ1) is 34.6. The summed E-state index contributed by atoms with van der Waals surface area (Å²) in [5.41, 5.74) is 0. The van der Waals surface area contributed by atoms with Crippen LogP contribution in [-0.2, 0) is 42.9 Å². The third kappa shape index (κ3) is 37.3. The first-order valence-corrected chi connectivity index (χ1v) is 27.6.